The van der Waals surface area contributed by atoms with Crippen molar-refractivity contribution in [3.63, 3.8) is 0 Å². The summed E-state index contributed by atoms with van der Waals surface area (Å²) >= 11 is 5.63. The number of aliphatic hydroxyl groups is 1. The minimum Gasteiger partial charge on any atom is -0.484 e. The fourth-order valence-electron chi connectivity index (χ4n) is 5.01. The van der Waals surface area contributed by atoms with Crippen LogP contribution in [0.2, 0.25) is 5.02 Å². The van der Waals surface area contributed by atoms with Crippen LogP contribution in [0.4, 0.5) is 4.39 Å². The van der Waals surface area contributed by atoms with E-state index in [2.05, 4.69) is 15.6 Å². The number of aliphatic hydroxyl groups excluding tert-OH is 1. The highest BCUT2D eigenvalue weighted by atomic mass is 35.5. The molecule has 9 nitrogen and oxygen atoms in total. The van der Waals surface area contributed by atoms with Crippen molar-refractivity contribution in [3.8, 4) is 17.4 Å². The van der Waals surface area contributed by atoms with Crippen LogP contribution in [0.3, 0.4) is 0 Å². The van der Waals surface area contributed by atoms with E-state index in [0.29, 0.717) is 36.6 Å². The number of ether oxygens (including phenoxy) is 3. The van der Waals surface area contributed by atoms with Crippen molar-refractivity contribution in [2.24, 2.45) is 0 Å². The predicted molar refractivity (Wildman–Crippen MR) is 117 cm³/mol. The lowest BCUT2D eigenvalue weighted by atomic mass is 9.44. The maximum Gasteiger partial charge on any atom is 0.261 e. The molecule has 4 aliphatic rings. The Morgan fingerprint density at radius 3 is 2.68 bits per heavy atom. The second kappa shape index (κ2) is 8.28. The molecule has 3 N–H and O–H groups in total. The third kappa shape index (κ3) is 4.12. The number of carbonyl (C=O) groups excluding carboxylic acids is 2. The lowest BCUT2D eigenvalue weighted by Gasteiger charge is -2.70. The first kappa shape index (κ1) is 22.7. The van der Waals surface area contributed by atoms with Crippen LogP contribution in [0.15, 0.2) is 30.3 Å². The molecule has 1 aliphatic heterocycles. The van der Waals surface area contributed by atoms with Crippen molar-refractivity contribution < 1.29 is 33.3 Å². The molecule has 2 amide bonds. The summed E-state index contributed by atoms with van der Waals surface area (Å²) < 4.78 is 29.6. The minimum atomic E-state index is -0.942. The fourth-order valence-corrected chi connectivity index (χ4v) is 5.13. The van der Waals surface area contributed by atoms with Crippen LogP contribution >= 0.6 is 11.6 Å². The molecular weight excluding hydrogens is 469 g/mol. The molecule has 180 valence electrons. The van der Waals surface area contributed by atoms with Gasteiger partial charge in [-0.25, -0.2) is 9.37 Å². The molecule has 2 aromatic rings. The predicted octanol–water partition coefficient (Wildman–Crippen LogP) is 2.05. The number of carbonyl (C=O) groups is 2. The van der Waals surface area contributed by atoms with Crippen LogP contribution in [-0.4, -0.2) is 52.8 Å². The number of benzene rings is 1. The zero-order valence-electron chi connectivity index (χ0n) is 18.3. The summed E-state index contributed by atoms with van der Waals surface area (Å²) in [6, 6.07) is 7.19. The van der Waals surface area contributed by atoms with E-state index in [1.807, 2.05) is 0 Å². The van der Waals surface area contributed by atoms with E-state index in [1.54, 1.807) is 12.1 Å². The van der Waals surface area contributed by atoms with Gasteiger partial charge >= 0.3 is 0 Å². The molecule has 0 saturated heterocycles. The standard InChI is InChI=1S/C23H23ClFN3O6/c1-32-19-5-4-16-20(26-19)15(29)7-17(34-16)21(31)28-23-9-22(10-23,11-23)27-18(30)8-33-12-2-3-13(24)14(25)6-12/h2-6,15,17,29H,7-11H2,1H3,(H,27,30)(H,28,31)/t15-,17-,22?,23?/m1/s1. The van der Waals surface area contributed by atoms with Gasteiger partial charge in [-0.15, -0.1) is 0 Å². The maximum atomic E-state index is 13.5. The van der Waals surface area contributed by atoms with Crippen LogP contribution in [0.25, 0.3) is 0 Å². The molecule has 3 saturated carbocycles. The average Bonchev–Trinajstić information content (AvgIpc) is 2.77. The molecule has 3 aliphatic carbocycles. The van der Waals surface area contributed by atoms with Gasteiger partial charge in [0.2, 0.25) is 5.88 Å². The van der Waals surface area contributed by atoms with Crippen molar-refractivity contribution in [1.29, 1.82) is 0 Å². The monoisotopic (exact) mass is 491 g/mol. The molecule has 3 fully saturated rings. The van der Waals surface area contributed by atoms with Crippen LogP contribution < -0.4 is 24.8 Å². The summed E-state index contributed by atoms with van der Waals surface area (Å²) in [5.41, 5.74) is -0.421. The maximum absolute atomic E-state index is 13.5. The number of halogens is 2. The molecule has 2 bridgehead atoms. The van der Waals surface area contributed by atoms with E-state index >= 15 is 0 Å². The van der Waals surface area contributed by atoms with E-state index in [0.717, 1.165) is 6.07 Å². The highest BCUT2D eigenvalue weighted by molar-refractivity contribution is 6.30. The number of fused-ring (bicyclic) bond motifs is 1. The molecule has 2 heterocycles. The lowest BCUT2D eigenvalue weighted by Crippen LogP contribution is -2.84. The Kier molecular flexibility index (Phi) is 5.52. The molecular formula is C23H23ClFN3O6. The number of hydrogen-bond donors (Lipinski definition) is 3. The molecule has 1 aromatic carbocycles. The first-order valence-corrected chi connectivity index (χ1v) is 11.2. The van der Waals surface area contributed by atoms with Crippen molar-refractivity contribution in [3.05, 3.63) is 46.9 Å². The number of amides is 2. The minimum absolute atomic E-state index is 0.0211. The van der Waals surface area contributed by atoms with Gasteiger partial charge in [0.05, 0.1) is 12.1 Å². The zero-order chi connectivity index (χ0) is 24.1. The van der Waals surface area contributed by atoms with Gasteiger partial charge in [0.15, 0.2) is 12.7 Å². The van der Waals surface area contributed by atoms with E-state index in [4.69, 9.17) is 25.8 Å². The number of pyridine rings is 1. The molecule has 34 heavy (non-hydrogen) atoms. The number of rotatable bonds is 7. The number of nitrogens with zero attached hydrogens (tertiary/aromatic N) is 1. The van der Waals surface area contributed by atoms with Gasteiger partial charge in [0.25, 0.3) is 11.8 Å². The zero-order valence-corrected chi connectivity index (χ0v) is 19.0. The molecule has 6 rings (SSSR count). The number of methoxy groups -OCH3 is 1. The first-order valence-electron chi connectivity index (χ1n) is 10.8. The van der Waals surface area contributed by atoms with Gasteiger partial charge in [-0.1, -0.05) is 11.6 Å². The summed E-state index contributed by atoms with van der Waals surface area (Å²) in [5.74, 6) is -0.340. The molecule has 0 radical (unpaired) electrons. The summed E-state index contributed by atoms with van der Waals surface area (Å²) in [6.45, 7) is -0.256. The molecule has 0 spiro atoms. The first-order chi connectivity index (χ1) is 16.2. The highest BCUT2D eigenvalue weighted by Gasteiger charge is 2.69. The second-order valence-electron chi connectivity index (χ2n) is 9.09. The third-order valence-corrected chi connectivity index (χ3v) is 6.77. The topological polar surface area (TPSA) is 119 Å². The van der Waals surface area contributed by atoms with Gasteiger partial charge in [0, 0.05) is 29.6 Å². The van der Waals surface area contributed by atoms with Gasteiger partial charge in [-0.3, -0.25) is 9.59 Å². The van der Waals surface area contributed by atoms with Gasteiger partial charge < -0.3 is 30.0 Å². The second-order valence-corrected chi connectivity index (χ2v) is 9.50. The van der Waals surface area contributed by atoms with Crippen molar-refractivity contribution in [1.82, 2.24) is 15.6 Å². The van der Waals surface area contributed by atoms with Crippen LogP contribution in [-0.2, 0) is 9.59 Å². The Labute approximate surface area is 199 Å². The smallest absolute Gasteiger partial charge is 0.261 e. The Balaban J connectivity index is 1.10. The Morgan fingerprint density at radius 2 is 1.97 bits per heavy atom. The average molecular weight is 492 g/mol. The van der Waals surface area contributed by atoms with Crippen molar-refractivity contribution >= 4 is 23.4 Å². The van der Waals surface area contributed by atoms with Gasteiger partial charge in [-0.2, -0.15) is 0 Å². The molecule has 1 aromatic heterocycles. The highest BCUT2D eigenvalue weighted by Crippen LogP contribution is 2.60. The Morgan fingerprint density at radius 1 is 1.24 bits per heavy atom. The van der Waals surface area contributed by atoms with Crippen molar-refractivity contribution in [2.45, 2.75) is 49.0 Å². The largest absolute Gasteiger partial charge is 0.484 e. The van der Waals surface area contributed by atoms with Gasteiger partial charge in [0.1, 0.15) is 29.1 Å². The van der Waals surface area contributed by atoms with E-state index in [-0.39, 0.29) is 41.2 Å². The van der Waals surface area contributed by atoms with Crippen molar-refractivity contribution in [2.75, 3.05) is 13.7 Å². The quantitative estimate of drug-likeness (QED) is 0.542. The summed E-state index contributed by atoms with van der Waals surface area (Å²) in [6.07, 6.45) is 0.0832. The number of nitrogens with one attached hydrogen (secondary N) is 2. The SMILES string of the molecule is COc1ccc2c(n1)[C@H](O)C[C@H](C(=O)NC13CC(NC(=O)COc4ccc(Cl)c(F)c4)(C1)C3)O2. The Bertz CT molecular complexity index is 1140. The molecule has 11 heteroatoms. The van der Waals surface area contributed by atoms with E-state index < -0.39 is 23.6 Å². The summed E-state index contributed by atoms with van der Waals surface area (Å²) in [7, 11) is 1.48. The van der Waals surface area contributed by atoms with E-state index in [9.17, 15) is 19.1 Å². The Hall–Kier alpha value is -3.11. The van der Waals surface area contributed by atoms with Crippen LogP contribution in [0, 0.1) is 5.82 Å². The summed E-state index contributed by atoms with van der Waals surface area (Å²) in [5, 5.41) is 16.3. The number of hydrogen-bond acceptors (Lipinski definition) is 7. The van der Waals surface area contributed by atoms with Gasteiger partial charge in [-0.05, 0) is 37.5 Å². The summed E-state index contributed by atoms with van der Waals surface area (Å²) in [4.78, 5) is 29.3. The van der Waals surface area contributed by atoms with Crippen LogP contribution in [0.1, 0.15) is 37.5 Å². The van der Waals surface area contributed by atoms with Crippen LogP contribution in [0.5, 0.6) is 17.4 Å². The lowest BCUT2D eigenvalue weighted by molar-refractivity contribution is -0.155. The number of aromatic nitrogens is 1. The molecule has 2 atom stereocenters. The fraction of sp³-hybridized carbons (Fsp3) is 0.435. The normalized spacial score (nSPS) is 28.4. The van der Waals surface area contributed by atoms with E-state index in [1.165, 1.54) is 19.2 Å². The third-order valence-electron chi connectivity index (χ3n) is 6.47. The molecule has 0 unspecified atom stereocenters.